The van der Waals surface area contributed by atoms with E-state index in [4.69, 9.17) is 5.11 Å². The minimum absolute atomic E-state index is 1.04. The molecule has 4 heteroatoms. The molecular formula is C5H9F2O2. The first-order valence-corrected chi connectivity index (χ1v) is 2.51. The molecule has 0 atom stereocenters. The molecule has 0 unspecified atom stereocenters. The fourth-order valence-electron chi connectivity index (χ4n) is 0.504. The number of halogens is 2. The van der Waals surface area contributed by atoms with Crippen LogP contribution in [0, 0.1) is 0 Å². The molecule has 0 saturated carbocycles. The van der Waals surface area contributed by atoms with Gasteiger partial charge in [0.25, 0.3) is 0 Å². The summed E-state index contributed by atoms with van der Waals surface area (Å²) in [7, 11) is 0. The highest BCUT2D eigenvalue weighted by Gasteiger charge is 2.34. The van der Waals surface area contributed by atoms with E-state index >= 15 is 0 Å². The Bertz CT molecular complexity index is 78.1. The number of aliphatic hydroxyl groups is 1. The Kier molecular flexibility index (Phi) is 2.14. The number of hydrogen-bond acceptors (Lipinski definition) is 1. The molecule has 0 bridgehead atoms. The molecule has 0 heterocycles. The van der Waals surface area contributed by atoms with E-state index < -0.39 is 18.1 Å². The quantitative estimate of drug-likeness (QED) is 0.612. The summed E-state index contributed by atoms with van der Waals surface area (Å²) < 4.78 is 23.0. The van der Waals surface area contributed by atoms with Crippen LogP contribution in [0.4, 0.5) is 8.78 Å². The van der Waals surface area contributed by atoms with Gasteiger partial charge in [0.15, 0.2) is 0 Å². The van der Waals surface area contributed by atoms with Crippen molar-refractivity contribution >= 4 is 0 Å². The highest BCUT2D eigenvalue weighted by atomic mass is 19.3. The lowest BCUT2D eigenvalue weighted by Gasteiger charge is -2.18. The van der Waals surface area contributed by atoms with Crippen molar-refractivity contribution in [2.75, 3.05) is 0 Å². The topological polar surface area (TPSA) is 40.1 Å². The van der Waals surface area contributed by atoms with Gasteiger partial charge in [-0.25, -0.2) is 0 Å². The van der Waals surface area contributed by atoms with Gasteiger partial charge in [0.2, 0.25) is 0 Å². The molecule has 0 aliphatic carbocycles. The molecule has 2 nitrogen and oxygen atoms in total. The zero-order valence-corrected chi connectivity index (χ0v) is 5.32. The molecule has 1 N–H and O–H groups in total. The zero-order valence-electron chi connectivity index (χ0n) is 5.32. The van der Waals surface area contributed by atoms with Gasteiger partial charge in [-0.1, -0.05) is 0 Å². The first kappa shape index (κ1) is 8.78. The lowest BCUT2D eigenvalue weighted by molar-refractivity contribution is -0.264. The van der Waals surface area contributed by atoms with E-state index in [-0.39, 0.29) is 0 Å². The molecule has 1 radical (unpaired) electrons. The van der Waals surface area contributed by atoms with Gasteiger partial charge in [-0.15, -0.1) is 0 Å². The second-order valence-electron chi connectivity index (χ2n) is 2.63. The second-order valence-corrected chi connectivity index (χ2v) is 2.63. The Hall–Kier alpha value is -0.220. The molecule has 0 rings (SSSR count). The Morgan fingerprint density at radius 2 is 1.78 bits per heavy atom. The summed E-state index contributed by atoms with van der Waals surface area (Å²) in [5, 5.41) is 18.3. The molecule has 0 spiro atoms. The van der Waals surface area contributed by atoms with Crippen LogP contribution in [0.1, 0.15) is 20.3 Å². The largest absolute Gasteiger partial charge is 0.390 e. The molecule has 0 aliphatic rings. The SMILES string of the molecule is CC(C)(O)CC([O])(F)F. The summed E-state index contributed by atoms with van der Waals surface area (Å²) in [6, 6.07) is 0. The van der Waals surface area contributed by atoms with E-state index in [0.29, 0.717) is 0 Å². The van der Waals surface area contributed by atoms with Crippen LogP contribution in [0.25, 0.3) is 0 Å². The van der Waals surface area contributed by atoms with Gasteiger partial charge in [0.05, 0.1) is 12.0 Å². The van der Waals surface area contributed by atoms with Crippen LogP contribution in [0.5, 0.6) is 0 Å². The smallest absolute Gasteiger partial charge is 0.384 e. The maximum absolute atomic E-state index is 11.5. The lowest BCUT2D eigenvalue weighted by Crippen LogP contribution is -2.29. The van der Waals surface area contributed by atoms with Crippen LogP contribution in [-0.4, -0.2) is 16.8 Å². The van der Waals surface area contributed by atoms with Gasteiger partial charge < -0.3 is 5.11 Å². The second kappa shape index (κ2) is 2.19. The van der Waals surface area contributed by atoms with Crippen molar-refractivity contribution in [3.05, 3.63) is 0 Å². The minimum atomic E-state index is -4.02. The van der Waals surface area contributed by atoms with Crippen LogP contribution >= 0.6 is 0 Å². The summed E-state index contributed by atoms with van der Waals surface area (Å²) in [6.07, 6.45) is -5.06. The van der Waals surface area contributed by atoms with Crippen LogP contribution in [-0.2, 0) is 5.11 Å². The molecule has 0 aromatic carbocycles. The van der Waals surface area contributed by atoms with Crippen molar-refractivity contribution in [3.8, 4) is 0 Å². The third kappa shape index (κ3) is 7.78. The van der Waals surface area contributed by atoms with Gasteiger partial charge in [-0.2, -0.15) is 13.9 Å². The van der Waals surface area contributed by atoms with Gasteiger partial charge in [-0.05, 0) is 13.8 Å². The van der Waals surface area contributed by atoms with Crippen molar-refractivity contribution in [2.24, 2.45) is 0 Å². The Labute approximate surface area is 52.1 Å². The van der Waals surface area contributed by atoms with E-state index in [0.717, 1.165) is 0 Å². The third-order valence-corrected chi connectivity index (χ3v) is 0.638. The molecular weight excluding hydrogens is 130 g/mol. The maximum Gasteiger partial charge on any atom is 0.384 e. The average Bonchev–Trinajstić information content (AvgIpc) is 1.14. The molecule has 0 aromatic heterocycles. The van der Waals surface area contributed by atoms with Gasteiger partial charge in [0.1, 0.15) is 0 Å². The Balaban J connectivity index is 3.75. The molecule has 9 heavy (non-hydrogen) atoms. The maximum atomic E-state index is 11.5. The zero-order chi connectivity index (χ0) is 7.71. The van der Waals surface area contributed by atoms with Crippen molar-refractivity contribution in [1.29, 1.82) is 0 Å². The first-order valence-electron chi connectivity index (χ1n) is 2.51. The predicted octanol–water partition coefficient (Wildman–Crippen LogP) is 1.17. The molecule has 0 aliphatic heterocycles. The summed E-state index contributed by atoms with van der Waals surface area (Å²) >= 11 is 0. The standard InChI is InChI=1S/C5H9F2O2/c1-4(2,8)3-5(6,7)9/h8H,3H2,1-2H3. The molecule has 0 amide bonds. The molecule has 0 aromatic rings. The monoisotopic (exact) mass is 139 g/mol. The van der Waals surface area contributed by atoms with E-state index in [1.54, 1.807) is 0 Å². The van der Waals surface area contributed by atoms with Crippen molar-refractivity contribution in [1.82, 2.24) is 0 Å². The van der Waals surface area contributed by atoms with Crippen molar-refractivity contribution < 1.29 is 19.0 Å². The Morgan fingerprint density at radius 3 is 1.78 bits per heavy atom. The van der Waals surface area contributed by atoms with Gasteiger partial charge >= 0.3 is 6.11 Å². The fourth-order valence-corrected chi connectivity index (χ4v) is 0.504. The van der Waals surface area contributed by atoms with Crippen LogP contribution < -0.4 is 0 Å². The lowest BCUT2D eigenvalue weighted by atomic mass is 10.1. The summed E-state index contributed by atoms with van der Waals surface area (Å²) in [6.45, 7) is 2.33. The van der Waals surface area contributed by atoms with Crippen molar-refractivity contribution in [3.63, 3.8) is 0 Å². The number of alkyl halides is 2. The van der Waals surface area contributed by atoms with Gasteiger partial charge in [0, 0.05) is 0 Å². The summed E-state index contributed by atoms with van der Waals surface area (Å²) in [5.74, 6) is 0. The van der Waals surface area contributed by atoms with E-state index in [1.807, 2.05) is 0 Å². The van der Waals surface area contributed by atoms with Crippen LogP contribution in [0.15, 0.2) is 0 Å². The van der Waals surface area contributed by atoms with E-state index in [1.165, 1.54) is 13.8 Å². The third-order valence-electron chi connectivity index (χ3n) is 0.638. The van der Waals surface area contributed by atoms with Crippen molar-refractivity contribution in [2.45, 2.75) is 32.0 Å². The van der Waals surface area contributed by atoms with E-state index in [9.17, 15) is 13.9 Å². The number of hydrogen-bond donors (Lipinski definition) is 1. The van der Waals surface area contributed by atoms with Gasteiger partial charge in [-0.3, -0.25) is 0 Å². The van der Waals surface area contributed by atoms with Crippen LogP contribution in [0.2, 0.25) is 0 Å². The molecule has 55 valence electrons. The molecule has 0 saturated heterocycles. The fraction of sp³-hybridized carbons (Fsp3) is 1.00. The highest BCUT2D eigenvalue weighted by molar-refractivity contribution is 4.68. The normalized spacial score (nSPS) is 14.0. The summed E-state index contributed by atoms with van der Waals surface area (Å²) in [4.78, 5) is 0. The first-order chi connectivity index (χ1) is 3.71. The number of rotatable bonds is 2. The summed E-state index contributed by atoms with van der Waals surface area (Å²) in [5.41, 5.74) is -1.58. The van der Waals surface area contributed by atoms with Crippen LogP contribution in [0.3, 0.4) is 0 Å². The highest BCUT2D eigenvalue weighted by Crippen LogP contribution is 2.22. The minimum Gasteiger partial charge on any atom is -0.390 e. The Morgan fingerprint density at radius 1 is 1.44 bits per heavy atom. The predicted molar refractivity (Wildman–Crippen MR) is 26.5 cm³/mol. The average molecular weight is 139 g/mol. The van der Waals surface area contributed by atoms with E-state index in [2.05, 4.69) is 0 Å². The molecule has 0 fully saturated rings.